The van der Waals surface area contributed by atoms with Gasteiger partial charge in [-0.15, -0.1) is 0 Å². The van der Waals surface area contributed by atoms with Gasteiger partial charge in [-0.2, -0.15) is 5.48 Å². The number of rotatable bonds is 2. The molecule has 2 rings (SSSR count). The van der Waals surface area contributed by atoms with Crippen LogP contribution in [0.1, 0.15) is 39.0 Å². The molecular weight excluding hydrogens is 228 g/mol. The Morgan fingerprint density at radius 3 is 2.71 bits per heavy atom. The smallest absolute Gasteiger partial charge is 0.248 e. The van der Waals surface area contributed by atoms with Crippen molar-refractivity contribution in [3.8, 4) is 0 Å². The summed E-state index contributed by atoms with van der Waals surface area (Å²) in [6.07, 6.45) is 1.27. The zero-order valence-corrected chi connectivity index (χ0v) is 10.0. The third-order valence-corrected chi connectivity index (χ3v) is 3.41. The fraction of sp³-hybridized carbons (Fsp3) is 0.833. The van der Waals surface area contributed by atoms with Gasteiger partial charge in [0.15, 0.2) is 0 Å². The molecule has 1 N–H and O–H groups in total. The molecule has 0 amide bonds. The van der Waals surface area contributed by atoms with Crippen molar-refractivity contribution in [3.05, 3.63) is 12.3 Å². The van der Waals surface area contributed by atoms with E-state index in [1.54, 1.807) is 0 Å². The molecule has 0 aromatic rings. The first-order valence-electron chi connectivity index (χ1n) is 6.10. The van der Waals surface area contributed by atoms with Crippen molar-refractivity contribution in [2.45, 2.75) is 63.2 Å². The summed E-state index contributed by atoms with van der Waals surface area (Å²) in [7, 11) is 0. The summed E-state index contributed by atoms with van der Waals surface area (Å²) in [4.78, 5) is 5.10. The Labute approximate surface area is 100 Å². The van der Waals surface area contributed by atoms with E-state index in [9.17, 15) is 8.78 Å². The lowest BCUT2D eigenvalue weighted by atomic mass is 9.93. The minimum atomic E-state index is -2.50. The lowest BCUT2D eigenvalue weighted by Gasteiger charge is -2.36. The normalized spacial score (nSPS) is 34.4. The van der Waals surface area contributed by atoms with Gasteiger partial charge in [0.1, 0.15) is 5.76 Å². The molecule has 1 unspecified atom stereocenters. The van der Waals surface area contributed by atoms with E-state index in [-0.39, 0.29) is 31.1 Å². The van der Waals surface area contributed by atoms with Crippen molar-refractivity contribution < 1.29 is 18.4 Å². The summed E-state index contributed by atoms with van der Waals surface area (Å²) in [5, 5.41) is 0. The number of alkyl halides is 2. The Morgan fingerprint density at radius 1 is 1.41 bits per heavy atom. The van der Waals surface area contributed by atoms with Gasteiger partial charge < -0.3 is 9.57 Å². The number of halogens is 2. The molecule has 2 atom stereocenters. The van der Waals surface area contributed by atoms with Crippen molar-refractivity contribution >= 4 is 0 Å². The van der Waals surface area contributed by atoms with Gasteiger partial charge in [-0.25, -0.2) is 8.78 Å². The molecule has 1 aliphatic carbocycles. The van der Waals surface area contributed by atoms with E-state index in [2.05, 4.69) is 12.1 Å². The van der Waals surface area contributed by atoms with Gasteiger partial charge in [-0.3, -0.25) is 0 Å². The van der Waals surface area contributed by atoms with Gasteiger partial charge in [0, 0.05) is 19.3 Å². The molecule has 17 heavy (non-hydrogen) atoms. The van der Waals surface area contributed by atoms with Gasteiger partial charge in [0.2, 0.25) is 5.92 Å². The highest BCUT2D eigenvalue weighted by atomic mass is 19.3. The summed E-state index contributed by atoms with van der Waals surface area (Å²) >= 11 is 0. The molecule has 0 aromatic carbocycles. The molecule has 0 spiro atoms. The van der Waals surface area contributed by atoms with E-state index in [4.69, 9.17) is 9.57 Å². The second-order valence-electron chi connectivity index (χ2n) is 4.98. The van der Waals surface area contributed by atoms with Crippen molar-refractivity contribution in [1.82, 2.24) is 5.48 Å². The summed E-state index contributed by atoms with van der Waals surface area (Å²) < 4.78 is 31.9. The highest BCUT2D eigenvalue weighted by Crippen LogP contribution is 2.35. The number of hydrogen-bond acceptors (Lipinski definition) is 3. The Balaban J connectivity index is 1.82. The first-order chi connectivity index (χ1) is 7.96. The van der Waals surface area contributed by atoms with Gasteiger partial charge >= 0.3 is 0 Å². The van der Waals surface area contributed by atoms with Crippen LogP contribution in [0.2, 0.25) is 0 Å². The molecule has 1 saturated heterocycles. The predicted molar refractivity (Wildman–Crippen MR) is 59.5 cm³/mol. The van der Waals surface area contributed by atoms with E-state index in [1.165, 1.54) is 0 Å². The average molecular weight is 247 g/mol. The molecule has 2 fully saturated rings. The molecule has 1 saturated carbocycles. The number of hydroxylamine groups is 1. The lowest BCUT2D eigenvalue weighted by molar-refractivity contribution is -0.128. The largest absolute Gasteiger partial charge is 0.413 e. The fourth-order valence-corrected chi connectivity index (χ4v) is 2.26. The number of hydrogen-bond donors (Lipinski definition) is 1. The Morgan fingerprint density at radius 2 is 2.06 bits per heavy atom. The van der Waals surface area contributed by atoms with Crippen molar-refractivity contribution in [2.75, 3.05) is 0 Å². The minimum absolute atomic E-state index is 0.0343. The Bertz CT molecular complexity index is 286. The first kappa shape index (κ1) is 12.8. The zero-order valence-electron chi connectivity index (χ0n) is 10.0. The van der Waals surface area contributed by atoms with Crippen LogP contribution in [0, 0.1) is 0 Å². The highest BCUT2D eigenvalue weighted by Gasteiger charge is 2.37. The van der Waals surface area contributed by atoms with Crippen LogP contribution in [-0.4, -0.2) is 24.2 Å². The molecule has 98 valence electrons. The molecule has 0 radical (unpaired) electrons. The van der Waals surface area contributed by atoms with Crippen LogP contribution in [0.5, 0.6) is 0 Å². The van der Waals surface area contributed by atoms with Crippen molar-refractivity contribution in [2.24, 2.45) is 0 Å². The Hall–Kier alpha value is -0.680. The van der Waals surface area contributed by atoms with Crippen LogP contribution in [0.15, 0.2) is 12.3 Å². The van der Waals surface area contributed by atoms with E-state index >= 15 is 0 Å². The standard InChI is InChI=1S/C12H19F2NO2/c1-8-7-11(9(2)15-17-8)16-10-3-5-12(13,14)6-4-10/h9-11,15H,1,3-7H2,2H3/t9?,11-/m0/s1. The summed E-state index contributed by atoms with van der Waals surface area (Å²) in [6, 6.07) is 0.0583. The monoisotopic (exact) mass is 247 g/mol. The van der Waals surface area contributed by atoms with Crippen molar-refractivity contribution in [1.29, 1.82) is 0 Å². The molecule has 1 aliphatic heterocycles. The zero-order chi connectivity index (χ0) is 12.5. The van der Waals surface area contributed by atoms with Gasteiger partial charge in [0.25, 0.3) is 0 Å². The Kier molecular flexibility index (Phi) is 3.68. The van der Waals surface area contributed by atoms with Crippen LogP contribution in [0.3, 0.4) is 0 Å². The maximum Gasteiger partial charge on any atom is 0.248 e. The molecule has 2 aliphatic rings. The lowest BCUT2D eigenvalue weighted by Crippen LogP contribution is -2.46. The maximum atomic E-state index is 13.0. The van der Waals surface area contributed by atoms with Crippen LogP contribution in [-0.2, 0) is 9.57 Å². The summed E-state index contributed by atoms with van der Waals surface area (Å²) in [5.41, 5.74) is 2.81. The van der Waals surface area contributed by atoms with E-state index < -0.39 is 5.92 Å². The quantitative estimate of drug-likeness (QED) is 0.814. The number of nitrogens with one attached hydrogen (secondary N) is 1. The van der Waals surface area contributed by atoms with E-state index in [0.29, 0.717) is 25.0 Å². The first-order valence-corrected chi connectivity index (χ1v) is 6.10. The van der Waals surface area contributed by atoms with E-state index in [1.807, 2.05) is 6.92 Å². The van der Waals surface area contributed by atoms with Crippen LogP contribution in [0.4, 0.5) is 8.78 Å². The van der Waals surface area contributed by atoms with Gasteiger partial charge in [-0.05, 0) is 19.8 Å². The third kappa shape index (κ3) is 3.39. The predicted octanol–water partition coefficient (Wildman–Crippen LogP) is 2.78. The maximum absolute atomic E-state index is 13.0. The van der Waals surface area contributed by atoms with Crippen LogP contribution < -0.4 is 5.48 Å². The SMILES string of the molecule is C=C1C[C@H](OC2CCC(F)(F)CC2)C(C)NO1. The topological polar surface area (TPSA) is 30.5 Å². The van der Waals surface area contributed by atoms with Gasteiger partial charge in [-0.1, -0.05) is 6.58 Å². The summed E-state index contributed by atoms with van der Waals surface area (Å²) in [6.45, 7) is 5.68. The number of ether oxygens (including phenoxy) is 1. The second kappa shape index (κ2) is 4.90. The van der Waals surface area contributed by atoms with E-state index in [0.717, 1.165) is 0 Å². The minimum Gasteiger partial charge on any atom is -0.413 e. The highest BCUT2D eigenvalue weighted by molar-refractivity contribution is 4.93. The third-order valence-electron chi connectivity index (χ3n) is 3.41. The van der Waals surface area contributed by atoms with Gasteiger partial charge in [0.05, 0.1) is 18.2 Å². The molecule has 5 heteroatoms. The molecular formula is C12H19F2NO2. The molecule has 0 bridgehead atoms. The molecule has 1 heterocycles. The molecule has 0 aromatic heterocycles. The van der Waals surface area contributed by atoms with Crippen LogP contribution >= 0.6 is 0 Å². The van der Waals surface area contributed by atoms with Crippen molar-refractivity contribution in [3.63, 3.8) is 0 Å². The second-order valence-corrected chi connectivity index (χ2v) is 4.98. The van der Waals surface area contributed by atoms with Crippen LogP contribution in [0.25, 0.3) is 0 Å². The summed E-state index contributed by atoms with van der Waals surface area (Å²) in [5.74, 6) is -1.86. The average Bonchev–Trinajstić information content (AvgIpc) is 2.26. The molecule has 3 nitrogen and oxygen atoms in total. The fourth-order valence-electron chi connectivity index (χ4n) is 2.26.